The molecule has 2 aromatic carbocycles. The molecule has 2 heterocycles. The van der Waals surface area contributed by atoms with Crippen LogP contribution >= 0.6 is 23.4 Å². The molecule has 0 saturated heterocycles. The third kappa shape index (κ3) is 4.10. The number of nitrogens with zero attached hydrogens (tertiary/aromatic N) is 5. The second-order valence-corrected chi connectivity index (χ2v) is 8.68. The summed E-state index contributed by atoms with van der Waals surface area (Å²) >= 11 is 7.29. The number of rotatable bonds is 7. The zero-order chi connectivity index (χ0) is 22.8. The van der Waals surface area contributed by atoms with Crippen LogP contribution in [0.25, 0.3) is 16.7 Å². The Labute approximate surface area is 192 Å². The van der Waals surface area contributed by atoms with E-state index in [0.717, 1.165) is 6.42 Å². The minimum Gasteiger partial charge on any atom is -0.341 e. The summed E-state index contributed by atoms with van der Waals surface area (Å²) in [6.07, 6.45) is 0.769. The van der Waals surface area contributed by atoms with E-state index in [9.17, 15) is 14.0 Å². The first-order valence-electron chi connectivity index (χ1n) is 10.1. The predicted molar refractivity (Wildman–Crippen MR) is 124 cm³/mol. The van der Waals surface area contributed by atoms with Crippen molar-refractivity contribution in [2.75, 3.05) is 12.8 Å². The first kappa shape index (κ1) is 22.3. The Morgan fingerprint density at radius 1 is 1.19 bits per heavy atom. The van der Waals surface area contributed by atoms with E-state index in [0.29, 0.717) is 28.4 Å². The van der Waals surface area contributed by atoms with Crippen LogP contribution in [0.15, 0.2) is 52.4 Å². The Bertz CT molecular complexity index is 1350. The fourth-order valence-electron chi connectivity index (χ4n) is 3.50. The van der Waals surface area contributed by atoms with Crippen LogP contribution in [0, 0.1) is 5.82 Å². The van der Waals surface area contributed by atoms with E-state index in [2.05, 4.69) is 10.2 Å². The lowest BCUT2D eigenvalue weighted by Crippen LogP contribution is -2.28. The number of para-hydroxylation sites is 1. The van der Waals surface area contributed by atoms with Gasteiger partial charge in [0.15, 0.2) is 5.16 Å². The van der Waals surface area contributed by atoms with Crippen LogP contribution in [0.5, 0.6) is 0 Å². The summed E-state index contributed by atoms with van der Waals surface area (Å²) in [5, 5.41) is 9.81. The van der Waals surface area contributed by atoms with Crippen molar-refractivity contribution < 1.29 is 9.18 Å². The van der Waals surface area contributed by atoms with Crippen molar-refractivity contribution in [1.29, 1.82) is 0 Å². The Hall–Kier alpha value is -2.91. The molecule has 32 heavy (non-hydrogen) atoms. The van der Waals surface area contributed by atoms with E-state index in [-0.39, 0.29) is 34.4 Å². The molecule has 0 unspecified atom stereocenters. The van der Waals surface area contributed by atoms with E-state index >= 15 is 0 Å². The van der Waals surface area contributed by atoms with Gasteiger partial charge in [0, 0.05) is 30.7 Å². The Balaban J connectivity index is 1.61. The Morgan fingerprint density at radius 2 is 1.97 bits per heavy atom. The van der Waals surface area contributed by atoms with Gasteiger partial charge in [0.25, 0.3) is 5.56 Å². The number of amides is 1. The van der Waals surface area contributed by atoms with Crippen LogP contribution in [-0.2, 0) is 17.9 Å². The summed E-state index contributed by atoms with van der Waals surface area (Å²) in [5.41, 5.74) is 0.847. The maximum Gasteiger partial charge on any atom is 0.262 e. The van der Waals surface area contributed by atoms with E-state index < -0.39 is 5.82 Å². The number of aryl methyl sites for hydroxylation is 1. The monoisotopic (exact) mass is 473 g/mol. The highest BCUT2D eigenvalue weighted by molar-refractivity contribution is 7.99. The number of benzene rings is 2. The van der Waals surface area contributed by atoms with E-state index in [1.165, 1.54) is 28.8 Å². The van der Waals surface area contributed by atoms with Crippen LogP contribution in [0.4, 0.5) is 4.39 Å². The molecule has 1 amide bonds. The second kappa shape index (κ2) is 9.30. The molecule has 2 aromatic heterocycles. The van der Waals surface area contributed by atoms with Crippen LogP contribution < -0.4 is 5.56 Å². The minimum atomic E-state index is -0.450. The Morgan fingerprint density at radius 3 is 2.72 bits per heavy atom. The summed E-state index contributed by atoms with van der Waals surface area (Å²) in [7, 11) is 1.60. The molecule has 0 fully saturated rings. The summed E-state index contributed by atoms with van der Waals surface area (Å²) in [6.45, 7) is 2.56. The van der Waals surface area contributed by atoms with Crippen molar-refractivity contribution in [3.8, 4) is 0 Å². The van der Waals surface area contributed by atoms with Gasteiger partial charge in [-0.15, -0.1) is 10.2 Å². The molecular formula is C22H21ClFN5O2S. The highest BCUT2D eigenvalue weighted by atomic mass is 35.5. The van der Waals surface area contributed by atoms with E-state index in [4.69, 9.17) is 11.6 Å². The molecule has 0 spiro atoms. The molecule has 7 nitrogen and oxygen atoms in total. The molecule has 10 heteroatoms. The van der Waals surface area contributed by atoms with Crippen LogP contribution in [0.1, 0.15) is 18.9 Å². The molecular weight excluding hydrogens is 453 g/mol. The SMILES string of the molecule is CCCn1c(=O)c2ccccc2n2c(SCC(=O)N(C)Cc3c(F)cccc3Cl)nnc12. The van der Waals surface area contributed by atoms with Crippen molar-refractivity contribution >= 4 is 46.0 Å². The number of carbonyl (C=O) groups excluding carboxylic acids is 1. The highest BCUT2D eigenvalue weighted by Gasteiger charge is 2.19. The first-order valence-corrected chi connectivity index (χ1v) is 11.4. The first-order chi connectivity index (χ1) is 15.4. The molecule has 0 aliphatic carbocycles. The maximum atomic E-state index is 14.1. The molecule has 0 aliphatic rings. The minimum absolute atomic E-state index is 0.0600. The van der Waals surface area contributed by atoms with E-state index in [1.54, 1.807) is 28.1 Å². The number of fused-ring (bicyclic) bond motifs is 3. The van der Waals surface area contributed by atoms with Gasteiger partial charge in [0.05, 0.1) is 16.7 Å². The van der Waals surface area contributed by atoms with Crippen LogP contribution in [0.3, 0.4) is 0 Å². The number of hydrogen-bond donors (Lipinski definition) is 0. The van der Waals surface area contributed by atoms with Crippen molar-refractivity contribution in [3.05, 3.63) is 69.2 Å². The van der Waals surface area contributed by atoms with Crippen molar-refractivity contribution in [3.63, 3.8) is 0 Å². The zero-order valence-corrected chi connectivity index (χ0v) is 19.2. The fourth-order valence-corrected chi connectivity index (χ4v) is 4.60. The van der Waals surface area contributed by atoms with Gasteiger partial charge in [0.2, 0.25) is 11.7 Å². The summed E-state index contributed by atoms with van der Waals surface area (Å²) < 4.78 is 17.5. The van der Waals surface area contributed by atoms with Gasteiger partial charge in [-0.3, -0.25) is 18.6 Å². The quantitative estimate of drug-likeness (QED) is 0.379. The normalized spacial score (nSPS) is 11.4. The molecule has 0 aliphatic heterocycles. The van der Waals surface area contributed by atoms with Gasteiger partial charge >= 0.3 is 0 Å². The topological polar surface area (TPSA) is 72.5 Å². The van der Waals surface area contributed by atoms with Crippen molar-refractivity contribution in [1.82, 2.24) is 24.1 Å². The zero-order valence-electron chi connectivity index (χ0n) is 17.6. The third-order valence-corrected chi connectivity index (χ3v) is 6.40. The molecule has 0 bridgehead atoms. The van der Waals surface area contributed by atoms with Gasteiger partial charge in [-0.25, -0.2) is 4.39 Å². The smallest absolute Gasteiger partial charge is 0.262 e. The summed E-state index contributed by atoms with van der Waals surface area (Å²) in [4.78, 5) is 27.0. The highest BCUT2D eigenvalue weighted by Crippen LogP contribution is 2.23. The Kier molecular flexibility index (Phi) is 6.48. The van der Waals surface area contributed by atoms with E-state index in [1.807, 2.05) is 25.1 Å². The molecule has 0 N–H and O–H groups in total. The van der Waals surface area contributed by atoms with Crippen molar-refractivity contribution in [2.24, 2.45) is 0 Å². The van der Waals surface area contributed by atoms with Gasteiger partial charge in [-0.05, 0) is 30.7 Å². The van der Waals surface area contributed by atoms with Crippen LogP contribution in [-0.4, -0.2) is 42.8 Å². The lowest BCUT2D eigenvalue weighted by atomic mass is 10.2. The molecule has 166 valence electrons. The average molecular weight is 474 g/mol. The molecule has 4 aromatic rings. The lowest BCUT2D eigenvalue weighted by Gasteiger charge is -2.18. The third-order valence-electron chi connectivity index (χ3n) is 5.13. The number of hydrogen-bond acceptors (Lipinski definition) is 5. The fraction of sp³-hybridized carbons (Fsp3) is 0.273. The predicted octanol–water partition coefficient (Wildman–Crippen LogP) is 4.00. The number of thioether (sulfide) groups is 1. The maximum absolute atomic E-state index is 14.1. The molecule has 0 atom stereocenters. The molecule has 0 saturated carbocycles. The molecule has 0 radical (unpaired) electrons. The number of halogens is 2. The van der Waals surface area contributed by atoms with Gasteiger partial charge in [-0.2, -0.15) is 0 Å². The van der Waals surface area contributed by atoms with Crippen LogP contribution in [0.2, 0.25) is 5.02 Å². The average Bonchev–Trinajstić information content (AvgIpc) is 3.21. The van der Waals surface area contributed by atoms with Gasteiger partial charge < -0.3 is 4.90 Å². The molecule has 4 rings (SSSR count). The van der Waals surface area contributed by atoms with Gasteiger partial charge in [0.1, 0.15) is 5.82 Å². The number of aromatic nitrogens is 4. The standard InChI is InChI=1S/C22H21ClFN5O2S/c1-3-11-28-20(31)14-7-4-5-10-18(14)29-21(28)25-26-22(29)32-13-19(30)27(2)12-15-16(23)8-6-9-17(15)24/h4-10H,3,11-13H2,1-2H3. The van der Waals surface area contributed by atoms with Gasteiger partial charge in [-0.1, -0.05) is 48.5 Å². The lowest BCUT2D eigenvalue weighted by molar-refractivity contribution is -0.127. The second-order valence-electron chi connectivity index (χ2n) is 7.33. The van der Waals surface area contributed by atoms with Crippen molar-refractivity contribution in [2.45, 2.75) is 31.6 Å². The summed E-state index contributed by atoms with van der Waals surface area (Å²) in [5.74, 6) is -0.146. The largest absolute Gasteiger partial charge is 0.341 e. The summed E-state index contributed by atoms with van der Waals surface area (Å²) in [6, 6.07) is 11.7. The number of carbonyl (C=O) groups is 1.